The zero-order valence-corrected chi connectivity index (χ0v) is 13.0. The minimum absolute atomic E-state index is 0.0147. The molecule has 1 heterocycles. The molecular weight excluding hydrogens is 288 g/mol. The van der Waals surface area contributed by atoms with Gasteiger partial charge in [0.1, 0.15) is 6.04 Å². The average molecular weight is 307 g/mol. The van der Waals surface area contributed by atoms with E-state index in [1.165, 1.54) is 0 Å². The van der Waals surface area contributed by atoms with Crippen molar-refractivity contribution in [1.29, 1.82) is 5.26 Å². The molecule has 1 aromatic rings. The third kappa shape index (κ3) is 3.46. The Hall–Kier alpha value is -1.77. The zero-order valence-electron chi connectivity index (χ0n) is 12.3. The molecule has 2 rings (SSSR count). The van der Waals surface area contributed by atoms with Crippen LogP contribution in [0.1, 0.15) is 11.6 Å². The number of piperazine rings is 1. The molecule has 112 valence electrons. The summed E-state index contributed by atoms with van der Waals surface area (Å²) in [5, 5.41) is 10.1. The number of benzene rings is 1. The molecule has 0 saturated carbocycles. The summed E-state index contributed by atoms with van der Waals surface area (Å²) in [6, 6.07) is 9.40. The number of carbonyl (C=O) groups is 1. The normalized spacial score (nSPS) is 17.1. The first-order valence-electron chi connectivity index (χ1n) is 6.89. The highest BCUT2D eigenvalue weighted by molar-refractivity contribution is 6.31. The van der Waals surface area contributed by atoms with Crippen LogP contribution in [0.2, 0.25) is 5.02 Å². The minimum atomic E-state index is -0.365. The van der Waals surface area contributed by atoms with Crippen LogP contribution >= 0.6 is 11.6 Å². The summed E-state index contributed by atoms with van der Waals surface area (Å²) < 4.78 is 0. The van der Waals surface area contributed by atoms with E-state index in [0.29, 0.717) is 31.2 Å². The Morgan fingerprint density at radius 1 is 1.29 bits per heavy atom. The molecule has 1 fully saturated rings. The molecule has 0 spiro atoms. The van der Waals surface area contributed by atoms with Crippen molar-refractivity contribution in [2.24, 2.45) is 0 Å². The van der Waals surface area contributed by atoms with Gasteiger partial charge in [-0.3, -0.25) is 4.90 Å². The van der Waals surface area contributed by atoms with Crippen molar-refractivity contribution in [1.82, 2.24) is 14.7 Å². The van der Waals surface area contributed by atoms with E-state index in [2.05, 4.69) is 11.0 Å². The zero-order chi connectivity index (χ0) is 15.4. The summed E-state index contributed by atoms with van der Waals surface area (Å²) in [5.41, 5.74) is 0.828. The Morgan fingerprint density at radius 3 is 2.43 bits per heavy atom. The van der Waals surface area contributed by atoms with Crippen LogP contribution in [0.25, 0.3) is 0 Å². The standard InChI is InChI=1S/C15H19ClN4O/c1-18(2)15(21)20-9-7-19(8-10-20)14(11-17)12-5-3-4-6-13(12)16/h3-6,14H,7-10H2,1-2H3. The van der Waals surface area contributed by atoms with Gasteiger partial charge in [0.25, 0.3) is 0 Å². The first-order chi connectivity index (χ1) is 10.0. The molecule has 5 nitrogen and oxygen atoms in total. The largest absolute Gasteiger partial charge is 0.331 e. The van der Waals surface area contributed by atoms with Gasteiger partial charge >= 0.3 is 6.03 Å². The third-order valence-corrected chi connectivity index (χ3v) is 4.00. The summed E-state index contributed by atoms with van der Waals surface area (Å²) in [7, 11) is 3.49. The Balaban J connectivity index is 2.06. The van der Waals surface area contributed by atoms with Gasteiger partial charge < -0.3 is 9.80 Å². The SMILES string of the molecule is CN(C)C(=O)N1CCN(C(C#N)c2ccccc2Cl)CC1. The van der Waals surface area contributed by atoms with Crippen molar-refractivity contribution in [2.75, 3.05) is 40.3 Å². The van der Waals surface area contributed by atoms with Gasteiger partial charge in [0.2, 0.25) is 0 Å². The van der Waals surface area contributed by atoms with Crippen molar-refractivity contribution in [3.05, 3.63) is 34.9 Å². The van der Waals surface area contributed by atoms with Gasteiger partial charge in [-0.15, -0.1) is 0 Å². The molecule has 1 aromatic carbocycles. The number of hydrogen-bond donors (Lipinski definition) is 0. The topological polar surface area (TPSA) is 50.6 Å². The molecule has 21 heavy (non-hydrogen) atoms. The van der Waals surface area contributed by atoms with Crippen LogP contribution in [0, 0.1) is 11.3 Å². The summed E-state index contributed by atoms with van der Waals surface area (Å²) in [6.45, 7) is 2.59. The molecular formula is C15H19ClN4O. The average Bonchev–Trinajstić information content (AvgIpc) is 2.50. The molecule has 1 unspecified atom stereocenters. The third-order valence-electron chi connectivity index (χ3n) is 3.65. The second-order valence-corrected chi connectivity index (χ2v) is 5.66. The molecule has 1 atom stereocenters. The highest BCUT2D eigenvalue weighted by Crippen LogP contribution is 2.27. The number of halogens is 1. The van der Waals surface area contributed by atoms with Crippen molar-refractivity contribution < 1.29 is 4.79 Å². The number of rotatable bonds is 2. The number of hydrogen-bond acceptors (Lipinski definition) is 3. The van der Waals surface area contributed by atoms with Crippen LogP contribution in [0.4, 0.5) is 4.79 Å². The molecule has 0 aliphatic carbocycles. The van der Waals surface area contributed by atoms with Gasteiger partial charge in [-0.2, -0.15) is 5.26 Å². The molecule has 1 saturated heterocycles. The van der Waals surface area contributed by atoms with E-state index < -0.39 is 0 Å². The van der Waals surface area contributed by atoms with Crippen molar-refractivity contribution in [2.45, 2.75) is 6.04 Å². The van der Waals surface area contributed by atoms with Crippen LogP contribution < -0.4 is 0 Å². The van der Waals surface area contributed by atoms with Gasteiger partial charge in [0, 0.05) is 50.9 Å². The number of carbonyl (C=O) groups excluding carboxylic acids is 1. The van der Waals surface area contributed by atoms with Crippen LogP contribution in [0.5, 0.6) is 0 Å². The van der Waals surface area contributed by atoms with Crippen molar-refractivity contribution in [3.63, 3.8) is 0 Å². The summed E-state index contributed by atoms with van der Waals surface area (Å²) in [4.78, 5) is 17.4. The first-order valence-corrected chi connectivity index (χ1v) is 7.26. The van der Waals surface area contributed by atoms with Gasteiger partial charge in [0.05, 0.1) is 6.07 Å². The van der Waals surface area contributed by atoms with E-state index in [1.54, 1.807) is 30.0 Å². The number of amides is 2. The Morgan fingerprint density at radius 2 is 1.90 bits per heavy atom. The summed E-state index contributed by atoms with van der Waals surface area (Å²) in [6.07, 6.45) is 0. The maximum atomic E-state index is 11.9. The molecule has 0 radical (unpaired) electrons. The van der Waals surface area contributed by atoms with Crippen LogP contribution in [0.3, 0.4) is 0 Å². The lowest BCUT2D eigenvalue weighted by atomic mass is 10.1. The molecule has 1 aliphatic rings. The second-order valence-electron chi connectivity index (χ2n) is 5.25. The summed E-state index contributed by atoms with van der Waals surface area (Å²) >= 11 is 6.19. The van der Waals surface area contributed by atoms with Crippen LogP contribution in [-0.2, 0) is 0 Å². The van der Waals surface area contributed by atoms with Crippen molar-refractivity contribution >= 4 is 17.6 Å². The molecule has 2 amide bonds. The van der Waals surface area contributed by atoms with Gasteiger partial charge in [-0.25, -0.2) is 4.79 Å². The van der Waals surface area contributed by atoms with E-state index in [9.17, 15) is 10.1 Å². The van der Waals surface area contributed by atoms with Gasteiger partial charge in [-0.05, 0) is 6.07 Å². The van der Waals surface area contributed by atoms with E-state index in [-0.39, 0.29) is 12.1 Å². The second kappa shape index (κ2) is 6.79. The fourth-order valence-corrected chi connectivity index (χ4v) is 2.74. The van der Waals surface area contributed by atoms with Crippen LogP contribution in [0.15, 0.2) is 24.3 Å². The quantitative estimate of drug-likeness (QED) is 0.841. The lowest BCUT2D eigenvalue weighted by Gasteiger charge is -2.38. The highest BCUT2D eigenvalue weighted by Gasteiger charge is 2.28. The highest BCUT2D eigenvalue weighted by atomic mass is 35.5. The van der Waals surface area contributed by atoms with E-state index in [0.717, 1.165) is 5.56 Å². The maximum absolute atomic E-state index is 11.9. The van der Waals surface area contributed by atoms with E-state index in [4.69, 9.17) is 11.6 Å². The Bertz CT molecular complexity index is 547. The van der Waals surface area contributed by atoms with Gasteiger partial charge in [-0.1, -0.05) is 29.8 Å². The fourth-order valence-electron chi connectivity index (χ4n) is 2.50. The number of nitriles is 1. The lowest BCUT2D eigenvalue weighted by Crippen LogP contribution is -2.52. The lowest BCUT2D eigenvalue weighted by molar-refractivity contribution is 0.111. The molecule has 1 aliphatic heterocycles. The monoisotopic (exact) mass is 306 g/mol. The van der Waals surface area contributed by atoms with Crippen LogP contribution in [-0.4, -0.2) is 61.0 Å². The fraction of sp³-hybridized carbons (Fsp3) is 0.467. The Labute approximate surface area is 130 Å². The summed E-state index contributed by atoms with van der Waals surface area (Å²) in [5.74, 6) is 0. The number of nitrogens with zero attached hydrogens (tertiary/aromatic N) is 4. The maximum Gasteiger partial charge on any atom is 0.319 e. The first kappa shape index (κ1) is 15.6. The molecule has 0 bridgehead atoms. The molecule has 6 heteroatoms. The predicted octanol–water partition coefficient (Wildman–Crippen LogP) is 2.20. The smallest absolute Gasteiger partial charge is 0.319 e. The van der Waals surface area contributed by atoms with Gasteiger partial charge in [0.15, 0.2) is 0 Å². The van der Waals surface area contributed by atoms with E-state index >= 15 is 0 Å². The molecule has 0 N–H and O–H groups in total. The predicted molar refractivity (Wildman–Crippen MR) is 82.0 cm³/mol. The molecule has 0 aromatic heterocycles. The van der Waals surface area contributed by atoms with E-state index in [1.807, 2.05) is 18.2 Å². The Kier molecular flexibility index (Phi) is 5.05. The number of urea groups is 1. The van der Waals surface area contributed by atoms with Crippen molar-refractivity contribution in [3.8, 4) is 6.07 Å². The minimum Gasteiger partial charge on any atom is -0.331 e.